The number of rotatable bonds is 1. The lowest BCUT2D eigenvalue weighted by molar-refractivity contribution is -0.115. The summed E-state index contributed by atoms with van der Waals surface area (Å²) in [7, 11) is 1.52. The topological polar surface area (TPSA) is 64.1 Å². The van der Waals surface area contributed by atoms with E-state index in [0.29, 0.717) is 18.0 Å². The van der Waals surface area contributed by atoms with Crippen molar-refractivity contribution in [2.45, 2.75) is 11.4 Å². The van der Waals surface area contributed by atoms with E-state index in [-0.39, 0.29) is 5.91 Å². The molecule has 14 heavy (non-hydrogen) atoms. The van der Waals surface area contributed by atoms with E-state index >= 15 is 0 Å². The van der Waals surface area contributed by atoms with E-state index in [1.807, 2.05) is 0 Å². The van der Waals surface area contributed by atoms with Crippen molar-refractivity contribution in [3.63, 3.8) is 0 Å². The number of methoxy groups -OCH3 is 1. The largest absolute Gasteiger partial charge is 0.479 e. The van der Waals surface area contributed by atoms with Crippen LogP contribution in [0, 0.1) is 0 Å². The highest BCUT2D eigenvalue weighted by Crippen LogP contribution is 2.33. The molecule has 0 atom stereocenters. The van der Waals surface area contributed by atoms with Crippen molar-refractivity contribution >= 4 is 23.4 Å². The molecule has 0 bridgehead atoms. The van der Waals surface area contributed by atoms with E-state index < -0.39 is 0 Å². The molecule has 1 aromatic rings. The molecule has 5 nitrogen and oxygen atoms in total. The van der Waals surface area contributed by atoms with E-state index in [9.17, 15) is 4.79 Å². The summed E-state index contributed by atoms with van der Waals surface area (Å²) in [6.07, 6.45) is 1.92. The number of thioether (sulfide) groups is 1. The minimum Gasteiger partial charge on any atom is -0.479 e. The van der Waals surface area contributed by atoms with Gasteiger partial charge in [-0.1, -0.05) is 0 Å². The maximum Gasteiger partial charge on any atom is 0.241 e. The van der Waals surface area contributed by atoms with Crippen molar-refractivity contribution in [3.05, 3.63) is 6.33 Å². The molecule has 1 aliphatic rings. The van der Waals surface area contributed by atoms with Gasteiger partial charge in [0.1, 0.15) is 17.0 Å². The number of carbonyl (C=O) groups is 1. The van der Waals surface area contributed by atoms with Crippen molar-refractivity contribution < 1.29 is 9.53 Å². The summed E-state index contributed by atoms with van der Waals surface area (Å²) in [6, 6.07) is 0. The zero-order chi connectivity index (χ0) is 9.97. The minimum atomic E-state index is -0.0237. The van der Waals surface area contributed by atoms with Gasteiger partial charge in [-0.25, -0.2) is 4.98 Å². The number of amides is 1. The van der Waals surface area contributed by atoms with Gasteiger partial charge in [0.05, 0.1) is 7.11 Å². The predicted molar refractivity (Wildman–Crippen MR) is 52.6 cm³/mol. The molecule has 1 amide bonds. The Labute approximate surface area is 85.3 Å². The molecule has 0 aromatic carbocycles. The number of hydrogen-bond donors (Lipinski definition) is 1. The van der Waals surface area contributed by atoms with Crippen molar-refractivity contribution in [2.75, 3.05) is 18.2 Å². The van der Waals surface area contributed by atoms with E-state index in [1.165, 1.54) is 25.2 Å². The van der Waals surface area contributed by atoms with Gasteiger partial charge in [0.15, 0.2) is 0 Å². The quantitative estimate of drug-likeness (QED) is 0.700. The predicted octanol–water partition coefficient (Wildman–Crippen LogP) is 0.919. The lowest BCUT2D eigenvalue weighted by Crippen LogP contribution is -2.11. The highest BCUT2D eigenvalue weighted by Gasteiger charge is 2.18. The fraction of sp³-hybridized carbons (Fsp3) is 0.375. The van der Waals surface area contributed by atoms with Gasteiger partial charge >= 0.3 is 0 Å². The third-order valence-electron chi connectivity index (χ3n) is 1.80. The average Bonchev–Trinajstić information content (AvgIpc) is 2.38. The normalized spacial score (nSPS) is 15.4. The Balaban J connectivity index is 2.45. The minimum absolute atomic E-state index is 0.0237. The summed E-state index contributed by atoms with van der Waals surface area (Å²) in [4.78, 5) is 19.3. The molecule has 0 saturated carbocycles. The van der Waals surface area contributed by atoms with Crippen LogP contribution in [0.25, 0.3) is 0 Å². The third-order valence-corrected chi connectivity index (χ3v) is 2.79. The molecule has 0 unspecified atom stereocenters. The first-order valence-electron chi connectivity index (χ1n) is 4.13. The number of hydrogen-bond acceptors (Lipinski definition) is 5. The highest BCUT2D eigenvalue weighted by molar-refractivity contribution is 7.99. The van der Waals surface area contributed by atoms with Gasteiger partial charge in [-0.2, -0.15) is 4.98 Å². The van der Waals surface area contributed by atoms with Gasteiger partial charge in [0.2, 0.25) is 11.8 Å². The standard InChI is InChI=1S/C8H9N3O2S/c1-13-7-6-8(10-4-9-7)14-3-2-5(12)11-6/h4H,2-3H2,1H3,(H,11,12). The Morgan fingerprint density at radius 1 is 1.57 bits per heavy atom. The Kier molecular flexibility index (Phi) is 2.53. The molecule has 74 valence electrons. The van der Waals surface area contributed by atoms with Gasteiger partial charge in [-0.05, 0) is 0 Å². The fourth-order valence-corrected chi connectivity index (χ4v) is 2.05. The van der Waals surface area contributed by atoms with Gasteiger partial charge in [-0.3, -0.25) is 4.79 Å². The molecule has 1 aliphatic heterocycles. The van der Waals surface area contributed by atoms with Crippen LogP contribution in [0.5, 0.6) is 5.88 Å². The molecule has 6 heteroatoms. The van der Waals surface area contributed by atoms with Crippen molar-refractivity contribution in [1.82, 2.24) is 9.97 Å². The molecule has 0 aliphatic carbocycles. The number of nitrogens with one attached hydrogen (secondary N) is 1. The van der Waals surface area contributed by atoms with E-state index in [4.69, 9.17) is 4.74 Å². The number of ether oxygens (including phenoxy) is 1. The van der Waals surface area contributed by atoms with Crippen LogP contribution in [0.3, 0.4) is 0 Å². The monoisotopic (exact) mass is 211 g/mol. The van der Waals surface area contributed by atoms with Crippen LogP contribution in [0.15, 0.2) is 11.4 Å². The molecule has 1 N–H and O–H groups in total. The second kappa shape index (κ2) is 3.83. The molecular formula is C8H9N3O2S. The Morgan fingerprint density at radius 2 is 2.43 bits per heavy atom. The summed E-state index contributed by atoms with van der Waals surface area (Å²) in [5, 5.41) is 3.50. The van der Waals surface area contributed by atoms with Crippen LogP contribution in [-0.2, 0) is 4.79 Å². The SMILES string of the molecule is COc1ncnc2c1NC(=O)CCS2. The van der Waals surface area contributed by atoms with Crippen LogP contribution in [-0.4, -0.2) is 28.7 Å². The van der Waals surface area contributed by atoms with Gasteiger partial charge in [0.25, 0.3) is 0 Å². The summed E-state index contributed by atoms with van der Waals surface area (Å²) >= 11 is 1.53. The molecule has 0 radical (unpaired) electrons. The maximum absolute atomic E-state index is 11.3. The first kappa shape index (κ1) is 9.26. The number of aromatic nitrogens is 2. The molecule has 2 rings (SSSR count). The third kappa shape index (κ3) is 1.65. The molecule has 0 spiro atoms. The highest BCUT2D eigenvalue weighted by atomic mass is 32.2. The second-order valence-corrected chi connectivity index (χ2v) is 3.79. The Morgan fingerprint density at radius 3 is 3.21 bits per heavy atom. The smallest absolute Gasteiger partial charge is 0.241 e. The molecule has 1 aromatic heterocycles. The molecular weight excluding hydrogens is 202 g/mol. The zero-order valence-corrected chi connectivity index (χ0v) is 8.43. The Hall–Kier alpha value is -1.30. The summed E-state index contributed by atoms with van der Waals surface area (Å²) in [6.45, 7) is 0. The fourth-order valence-electron chi connectivity index (χ4n) is 1.17. The summed E-state index contributed by atoms with van der Waals surface area (Å²) in [5.74, 6) is 1.13. The summed E-state index contributed by atoms with van der Waals surface area (Å²) in [5.41, 5.74) is 0.586. The van der Waals surface area contributed by atoms with Gasteiger partial charge < -0.3 is 10.1 Å². The van der Waals surface area contributed by atoms with E-state index in [2.05, 4.69) is 15.3 Å². The number of nitrogens with zero attached hydrogens (tertiary/aromatic N) is 2. The van der Waals surface area contributed by atoms with Crippen LogP contribution < -0.4 is 10.1 Å². The average molecular weight is 211 g/mol. The first-order valence-corrected chi connectivity index (χ1v) is 5.11. The first-order chi connectivity index (χ1) is 6.81. The van der Waals surface area contributed by atoms with Gasteiger partial charge in [-0.15, -0.1) is 11.8 Å². The van der Waals surface area contributed by atoms with E-state index in [0.717, 1.165) is 10.8 Å². The van der Waals surface area contributed by atoms with Crippen molar-refractivity contribution in [3.8, 4) is 5.88 Å². The summed E-state index contributed by atoms with van der Waals surface area (Å²) < 4.78 is 5.04. The van der Waals surface area contributed by atoms with Crippen LogP contribution in [0.2, 0.25) is 0 Å². The molecule has 2 heterocycles. The molecule has 0 fully saturated rings. The maximum atomic E-state index is 11.3. The van der Waals surface area contributed by atoms with Gasteiger partial charge in [0, 0.05) is 12.2 Å². The van der Waals surface area contributed by atoms with Crippen LogP contribution in [0.1, 0.15) is 6.42 Å². The molecule has 0 saturated heterocycles. The van der Waals surface area contributed by atoms with Crippen molar-refractivity contribution in [2.24, 2.45) is 0 Å². The zero-order valence-electron chi connectivity index (χ0n) is 7.61. The number of carbonyl (C=O) groups excluding carboxylic acids is 1. The number of fused-ring (bicyclic) bond motifs is 1. The van der Waals surface area contributed by atoms with Crippen molar-refractivity contribution in [1.29, 1.82) is 0 Å². The number of anilines is 1. The Bertz CT molecular complexity index is 370. The van der Waals surface area contributed by atoms with Crippen LogP contribution in [0.4, 0.5) is 5.69 Å². The lowest BCUT2D eigenvalue weighted by atomic mass is 10.4. The van der Waals surface area contributed by atoms with E-state index in [1.54, 1.807) is 0 Å². The van der Waals surface area contributed by atoms with Crippen LogP contribution >= 0.6 is 11.8 Å². The second-order valence-electron chi connectivity index (χ2n) is 2.71. The lowest BCUT2D eigenvalue weighted by Gasteiger charge is -2.08.